The van der Waals surface area contributed by atoms with Crippen molar-refractivity contribution in [3.8, 4) is 0 Å². The molecule has 1 fully saturated rings. The zero-order valence-corrected chi connectivity index (χ0v) is 11.2. The quantitative estimate of drug-likeness (QED) is 0.814. The smallest absolute Gasteiger partial charge is 0.0790 e. The molecule has 1 aromatic rings. The molecule has 0 radical (unpaired) electrons. The highest BCUT2D eigenvalue weighted by Gasteiger charge is 2.24. The minimum atomic E-state index is -0.298. The average molecular weight is 232 g/mol. The first-order valence-electron chi connectivity index (χ1n) is 6.74. The van der Waals surface area contributed by atoms with Crippen molar-refractivity contribution in [2.24, 2.45) is 5.41 Å². The van der Waals surface area contributed by atoms with Crippen LogP contribution in [0.3, 0.4) is 0 Å². The fourth-order valence-electron chi connectivity index (χ4n) is 2.17. The highest BCUT2D eigenvalue weighted by atomic mass is 16.3. The second kappa shape index (κ2) is 4.81. The Hall–Kier alpha value is -0.820. The minimum absolute atomic E-state index is 0.298. The average Bonchev–Trinajstić information content (AvgIpc) is 3.09. The second-order valence-corrected chi connectivity index (χ2v) is 6.56. The van der Waals surface area contributed by atoms with E-state index in [1.165, 1.54) is 18.4 Å². The van der Waals surface area contributed by atoms with Crippen LogP contribution in [0.1, 0.15) is 69.6 Å². The van der Waals surface area contributed by atoms with Gasteiger partial charge in [0.15, 0.2) is 0 Å². The zero-order valence-electron chi connectivity index (χ0n) is 11.2. The molecule has 1 atom stereocenters. The summed E-state index contributed by atoms with van der Waals surface area (Å²) in [5.41, 5.74) is 2.81. The summed E-state index contributed by atoms with van der Waals surface area (Å²) in [6.07, 6.45) is 4.26. The van der Waals surface area contributed by atoms with Crippen LogP contribution in [0, 0.1) is 5.41 Å². The van der Waals surface area contributed by atoms with E-state index < -0.39 is 0 Å². The highest BCUT2D eigenvalue weighted by molar-refractivity contribution is 5.30. The number of rotatable bonds is 4. The van der Waals surface area contributed by atoms with Crippen molar-refractivity contribution in [2.75, 3.05) is 0 Å². The third kappa shape index (κ3) is 3.85. The van der Waals surface area contributed by atoms with E-state index in [1.54, 1.807) is 0 Å². The van der Waals surface area contributed by atoms with Gasteiger partial charge in [0, 0.05) is 0 Å². The van der Waals surface area contributed by atoms with Crippen LogP contribution in [0.25, 0.3) is 0 Å². The van der Waals surface area contributed by atoms with Gasteiger partial charge in [-0.1, -0.05) is 45.0 Å². The van der Waals surface area contributed by atoms with E-state index in [1.807, 2.05) is 0 Å². The lowest BCUT2D eigenvalue weighted by Gasteiger charge is -2.20. The van der Waals surface area contributed by atoms with E-state index in [9.17, 15) is 5.11 Å². The van der Waals surface area contributed by atoms with Gasteiger partial charge in [0.2, 0.25) is 0 Å². The summed E-state index contributed by atoms with van der Waals surface area (Å²) >= 11 is 0. The Morgan fingerprint density at radius 1 is 1.29 bits per heavy atom. The molecule has 0 saturated heterocycles. The van der Waals surface area contributed by atoms with Gasteiger partial charge in [-0.05, 0) is 48.1 Å². The third-order valence-corrected chi connectivity index (χ3v) is 3.51. The Morgan fingerprint density at radius 3 is 2.59 bits per heavy atom. The Labute approximate surface area is 105 Å². The van der Waals surface area contributed by atoms with Crippen molar-refractivity contribution in [3.05, 3.63) is 35.4 Å². The van der Waals surface area contributed by atoms with Gasteiger partial charge >= 0.3 is 0 Å². The topological polar surface area (TPSA) is 20.2 Å². The zero-order chi connectivity index (χ0) is 12.5. The molecule has 1 aliphatic rings. The number of benzene rings is 1. The third-order valence-electron chi connectivity index (χ3n) is 3.51. The molecule has 1 N–H and O–H groups in total. The molecule has 1 aliphatic carbocycles. The van der Waals surface area contributed by atoms with Crippen molar-refractivity contribution in [2.45, 2.75) is 58.5 Å². The maximum atomic E-state index is 10.2. The van der Waals surface area contributed by atoms with Crippen LogP contribution in [-0.4, -0.2) is 5.11 Å². The molecule has 1 saturated carbocycles. The maximum Gasteiger partial charge on any atom is 0.0790 e. The fourth-order valence-corrected chi connectivity index (χ4v) is 2.17. The monoisotopic (exact) mass is 232 g/mol. The maximum absolute atomic E-state index is 10.2. The molecule has 2 rings (SSSR count). The van der Waals surface area contributed by atoms with E-state index in [2.05, 4.69) is 45.0 Å². The molecule has 1 unspecified atom stereocenters. The predicted molar refractivity (Wildman–Crippen MR) is 72.1 cm³/mol. The molecule has 0 spiro atoms. The lowest BCUT2D eigenvalue weighted by atomic mass is 9.88. The Balaban J connectivity index is 1.98. The summed E-state index contributed by atoms with van der Waals surface area (Å²) in [7, 11) is 0. The fraction of sp³-hybridized carbons (Fsp3) is 0.625. The highest BCUT2D eigenvalue weighted by Crippen LogP contribution is 2.40. The summed E-state index contributed by atoms with van der Waals surface area (Å²) in [4.78, 5) is 0. The van der Waals surface area contributed by atoms with Gasteiger partial charge in [-0.3, -0.25) is 0 Å². The van der Waals surface area contributed by atoms with Gasteiger partial charge in [0.05, 0.1) is 6.10 Å². The van der Waals surface area contributed by atoms with Gasteiger partial charge in [-0.2, -0.15) is 0 Å². The van der Waals surface area contributed by atoms with E-state index in [4.69, 9.17) is 0 Å². The van der Waals surface area contributed by atoms with Crippen LogP contribution in [0.4, 0.5) is 0 Å². The molecule has 0 aromatic heterocycles. The molecule has 1 aromatic carbocycles. The van der Waals surface area contributed by atoms with E-state index in [-0.39, 0.29) is 6.10 Å². The summed E-state index contributed by atoms with van der Waals surface area (Å²) in [5, 5.41) is 10.2. The largest absolute Gasteiger partial charge is 0.388 e. The molecule has 0 amide bonds. The number of aliphatic hydroxyl groups excluding tert-OH is 1. The molecular weight excluding hydrogens is 208 g/mol. The molecule has 0 bridgehead atoms. The summed E-state index contributed by atoms with van der Waals surface area (Å²) in [6, 6.07) is 8.53. The first-order chi connectivity index (χ1) is 7.96. The normalized spacial score (nSPS) is 18.1. The van der Waals surface area contributed by atoms with Crippen molar-refractivity contribution < 1.29 is 5.11 Å². The number of hydrogen-bond donors (Lipinski definition) is 1. The van der Waals surface area contributed by atoms with E-state index in [0.717, 1.165) is 24.3 Å². The first-order valence-corrected chi connectivity index (χ1v) is 6.74. The lowest BCUT2D eigenvalue weighted by molar-refractivity contribution is 0.147. The van der Waals surface area contributed by atoms with Gasteiger partial charge in [-0.25, -0.2) is 0 Å². The molecular formula is C16H24O. The molecule has 1 heteroatoms. The Kier molecular flexibility index (Phi) is 3.58. The van der Waals surface area contributed by atoms with Gasteiger partial charge in [0.1, 0.15) is 0 Å². The van der Waals surface area contributed by atoms with Crippen molar-refractivity contribution in [3.63, 3.8) is 0 Å². The lowest BCUT2D eigenvalue weighted by Crippen LogP contribution is -2.08. The van der Waals surface area contributed by atoms with E-state index >= 15 is 0 Å². The molecule has 1 nitrogen and oxygen atoms in total. The van der Waals surface area contributed by atoms with Gasteiger partial charge < -0.3 is 5.11 Å². The van der Waals surface area contributed by atoms with Crippen molar-refractivity contribution in [1.29, 1.82) is 0 Å². The minimum Gasteiger partial charge on any atom is -0.388 e. The molecule has 17 heavy (non-hydrogen) atoms. The van der Waals surface area contributed by atoms with Crippen molar-refractivity contribution >= 4 is 0 Å². The SMILES string of the molecule is CC(C)(C)CCC(O)c1cccc(C2CC2)c1. The van der Waals surface area contributed by atoms with Crippen LogP contribution in [0.5, 0.6) is 0 Å². The molecule has 0 aliphatic heterocycles. The first kappa shape index (κ1) is 12.6. The van der Waals surface area contributed by atoms with Gasteiger partial charge in [0.25, 0.3) is 0 Å². The molecule has 0 heterocycles. The van der Waals surface area contributed by atoms with Gasteiger partial charge in [-0.15, -0.1) is 0 Å². The van der Waals surface area contributed by atoms with Crippen LogP contribution in [0.2, 0.25) is 0 Å². The van der Waals surface area contributed by atoms with Crippen LogP contribution in [-0.2, 0) is 0 Å². The van der Waals surface area contributed by atoms with Crippen LogP contribution in [0.15, 0.2) is 24.3 Å². The summed E-state index contributed by atoms with van der Waals surface area (Å²) in [6.45, 7) is 6.67. The van der Waals surface area contributed by atoms with Crippen LogP contribution >= 0.6 is 0 Å². The van der Waals surface area contributed by atoms with Crippen LogP contribution < -0.4 is 0 Å². The number of aliphatic hydroxyl groups is 1. The standard InChI is InChI=1S/C16H24O/c1-16(2,3)10-9-15(17)14-6-4-5-13(11-14)12-7-8-12/h4-6,11-12,15,17H,7-10H2,1-3H3. The Bertz CT molecular complexity index is 371. The summed E-state index contributed by atoms with van der Waals surface area (Å²) < 4.78 is 0. The Morgan fingerprint density at radius 2 is 2.00 bits per heavy atom. The second-order valence-electron chi connectivity index (χ2n) is 6.56. The van der Waals surface area contributed by atoms with E-state index in [0.29, 0.717) is 5.41 Å². The number of hydrogen-bond acceptors (Lipinski definition) is 1. The summed E-state index contributed by atoms with van der Waals surface area (Å²) in [5.74, 6) is 0.768. The predicted octanol–water partition coefficient (Wildman–Crippen LogP) is 4.42. The molecule has 94 valence electrons. The van der Waals surface area contributed by atoms with Crippen molar-refractivity contribution in [1.82, 2.24) is 0 Å².